The van der Waals surface area contributed by atoms with Gasteiger partial charge >= 0.3 is 0 Å². The number of Topliss-reactive ketones (excluding diaryl/α,β-unsaturated/α-hetero) is 1. The third-order valence-electron chi connectivity index (χ3n) is 3.76. The van der Waals surface area contributed by atoms with E-state index >= 15 is 0 Å². The normalized spacial score (nSPS) is 18.0. The van der Waals surface area contributed by atoms with Crippen LogP contribution in [0.15, 0.2) is 24.3 Å². The number of ether oxygens (including phenoxy) is 1. The minimum atomic E-state index is 0.0626. The molecule has 1 unspecified atom stereocenters. The molecule has 1 aromatic rings. The molecule has 2 rings (SSSR count). The van der Waals surface area contributed by atoms with Gasteiger partial charge in [0.1, 0.15) is 11.5 Å². The standard InChI is InChI=1S/C15H20O2/c1-11(16)15(12-6-3-4-7-12)13-8-5-9-14(10-13)17-2/h5,8-10,12,15H,3-4,6-7H2,1-2H3. The zero-order valence-corrected chi connectivity index (χ0v) is 10.6. The molecule has 1 saturated carbocycles. The van der Waals surface area contributed by atoms with Crippen molar-refractivity contribution in [3.8, 4) is 5.75 Å². The van der Waals surface area contributed by atoms with Crippen LogP contribution in [0.25, 0.3) is 0 Å². The summed E-state index contributed by atoms with van der Waals surface area (Å²) in [5.41, 5.74) is 1.11. The zero-order chi connectivity index (χ0) is 12.3. The molecule has 1 aromatic carbocycles. The van der Waals surface area contributed by atoms with Crippen molar-refractivity contribution < 1.29 is 9.53 Å². The van der Waals surface area contributed by atoms with Crippen LogP contribution >= 0.6 is 0 Å². The fourth-order valence-corrected chi connectivity index (χ4v) is 2.96. The molecule has 0 saturated heterocycles. The van der Waals surface area contributed by atoms with Gasteiger partial charge in [-0.1, -0.05) is 25.0 Å². The first-order valence-electron chi connectivity index (χ1n) is 6.37. The van der Waals surface area contributed by atoms with E-state index in [1.54, 1.807) is 14.0 Å². The first-order valence-corrected chi connectivity index (χ1v) is 6.37. The topological polar surface area (TPSA) is 26.3 Å². The lowest BCUT2D eigenvalue weighted by Crippen LogP contribution is -2.17. The fraction of sp³-hybridized carbons (Fsp3) is 0.533. The predicted molar refractivity (Wildman–Crippen MR) is 68.4 cm³/mol. The molecular formula is C15H20O2. The molecule has 0 aliphatic heterocycles. The maximum absolute atomic E-state index is 11.9. The molecule has 92 valence electrons. The first kappa shape index (κ1) is 12.2. The molecule has 1 aliphatic carbocycles. The van der Waals surface area contributed by atoms with Crippen LogP contribution in [0.5, 0.6) is 5.75 Å². The van der Waals surface area contributed by atoms with Crippen molar-refractivity contribution in [1.29, 1.82) is 0 Å². The van der Waals surface area contributed by atoms with Crippen LogP contribution in [0, 0.1) is 5.92 Å². The van der Waals surface area contributed by atoms with Crippen molar-refractivity contribution in [2.75, 3.05) is 7.11 Å². The molecule has 0 spiro atoms. The summed E-state index contributed by atoms with van der Waals surface area (Å²) in [6, 6.07) is 7.95. The molecule has 2 heteroatoms. The largest absolute Gasteiger partial charge is 0.497 e. The van der Waals surface area contributed by atoms with E-state index in [0.29, 0.717) is 5.92 Å². The van der Waals surface area contributed by atoms with Crippen molar-refractivity contribution in [3.05, 3.63) is 29.8 Å². The molecule has 0 amide bonds. The van der Waals surface area contributed by atoms with E-state index in [4.69, 9.17) is 4.74 Å². The number of ketones is 1. The lowest BCUT2D eigenvalue weighted by atomic mass is 9.82. The number of carbonyl (C=O) groups excluding carboxylic acids is 1. The van der Waals surface area contributed by atoms with Crippen molar-refractivity contribution >= 4 is 5.78 Å². The molecule has 0 radical (unpaired) electrons. The van der Waals surface area contributed by atoms with E-state index < -0.39 is 0 Å². The van der Waals surface area contributed by atoms with E-state index in [1.165, 1.54) is 25.7 Å². The average molecular weight is 232 g/mol. The number of rotatable bonds is 4. The van der Waals surface area contributed by atoms with Crippen LogP contribution in [-0.2, 0) is 4.79 Å². The van der Waals surface area contributed by atoms with Gasteiger partial charge in [-0.15, -0.1) is 0 Å². The van der Waals surface area contributed by atoms with Gasteiger partial charge in [0, 0.05) is 5.92 Å². The quantitative estimate of drug-likeness (QED) is 0.793. The molecule has 1 atom stereocenters. The van der Waals surface area contributed by atoms with Gasteiger partial charge < -0.3 is 4.74 Å². The summed E-state index contributed by atoms with van der Waals surface area (Å²) in [7, 11) is 1.66. The molecule has 0 N–H and O–H groups in total. The minimum Gasteiger partial charge on any atom is -0.497 e. The van der Waals surface area contributed by atoms with Crippen LogP contribution in [-0.4, -0.2) is 12.9 Å². The van der Waals surface area contributed by atoms with Crippen molar-refractivity contribution in [1.82, 2.24) is 0 Å². The van der Waals surface area contributed by atoms with Crippen molar-refractivity contribution in [2.24, 2.45) is 5.92 Å². The highest BCUT2D eigenvalue weighted by Crippen LogP contribution is 2.38. The van der Waals surface area contributed by atoms with Crippen molar-refractivity contribution in [3.63, 3.8) is 0 Å². The van der Waals surface area contributed by atoms with Crippen molar-refractivity contribution in [2.45, 2.75) is 38.5 Å². The first-order chi connectivity index (χ1) is 8.22. The van der Waals surface area contributed by atoms with Gasteiger partial charge in [-0.3, -0.25) is 4.79 Å². The van der Waals surface area contributed by atoms with Crippen LogP contribution in [0.2, 0.25) is 0 Å². The summed E-state index contributed by atoms with van der Waals surface area (Å²) in [4.78, 5) is 11.9. The molecule has 0 bridgehead atoms. The van der Waals surface area contributed by atoms with Gasteiger partial charge in [0.2, 0.25) is 0 Å². The lowest BCUT2D eigenvalue weighted by molar-refractivity contribution is -0.119. The van der Waals surface area contributed by atoms with Gasteiger partial charge in [0.15, 0.2) is 0 Å². The Morgan fingerprint density at radius 3 is 2.65 bits per heavy atom. The van der Waals surface area contributed by atoms with Crippen LogP contribution in [0.1, 0.15) is 44.1 Å². The number of hydrogen-bond acceptors (Lipinski definition) is 2. The highest BCUT2D eigenvalue weighted by atomic mass is 16.5. The zero-order valence-electron chi connectivity index (χ0n) is 10.6. The number of benzene rings is 1. The minimum absolute atomic E-state index is 0.0626. The lowest BCUT2D eigenvalue weighted by Gasteiger charge is -2.21. The molecule has 0 heterocycles. The highest BCUT2D eigenvalue weighted by molar-refractivity contribution is 5.83. The Kier molecular flexibility index (Phi) is 3.82. The number of carbonyl (C=O) groups is 1. The highest BCUT2D eigenvalue weighted by Gasteiger charge is 2.29. The summed E-state index contributed by atoms with van der Waals surface area (Å²) < 4.78 is 5.24. The van der Waals surface area contributed by atoms with Crippen LogP contribution in [0.4, 0.5) is 0 Å². The summed E-state index contributed by atoms with van der Waals surface area (Å²) in [5, 5.41) is 0. The Hall–Kier alpha value is -1.31. The summed E-state index contributed by atoms with van der Waals surface area (Å²) >= 11 is 0. The summed E-state index contributed by atoms with van der Waals surface area (Å²) in [6.45, 7) is 1.71. The van der Waals surface area contributed by atoms with E-state index in [-0.39, 0.29) is 11.7 Å². The molecule has 1 aliphatic rings. The second-order valence-electron chi connectivity index (χ2n) is 4.91. The maximum Gasteiger partial charge on any atom is 0.137 e. The predicted octanol–water partition coefficient (Wildman–Crippen LogP) is 3.56. The Morgan fingerprint density at radius 2 is 2.06 bits per heavy atom. The van der Waals surface area contributed by atoms with Gasteiger partial charge in [0.05, 0.1) is 7.11 Å². The van der Waals surface area contributed by atoms with Gasteiger partial charge in [-0.05, 0) is 43.4 Å². The molecular weight excluding hydrogens is 212 g/mol. The fourth-order valence-electron chi connectivity index (χ4n) is 2.96. The van der Waals surface area contributed by atoms with E-state index in [2.05, 4.69) is 0 Å². The van der Waals surface area contributed by atoms with Gasteiger partial charge in [0.25, 0.3) is 0 Å². The Balaban J connectivity index is 2.28. The van der Waals surface area contributed by atoms with E-state index in [0.717, 1.165) is 11.3 Å². The van der Waals surface area contributed by atoms with E-state index in [1.807, 2.05) is 24.3 Å². The molecule has 0 aromatic heterocycles. The second kappa shape index (κ2) is 5.35. The second-order valence-corrected chi connectivity index (χ2v) is 4.91. The van der Waals surface area contributed by atoms with Gasteiger partial charge in [-0.2, -0.15) is 0 Å². The SMILES string of the molecule is COc1cccc(C(C(C)=O)C2CCCC2)c1. The molecule has 1 fully saturated rings. The summed E-state index contributed by atoms with van der Waals surface area (Å²) in [6.07, 6.45) is 4.89. The smallest absolute Gasteiger partial charge is 0.137 e. The Labute approximate surface area is 103 Å². The monoisotopic (exact) mass is 232 g/mol. The molecule has 2 nitrogen and oxygen atoms in total. The Bertz CT molecular complexity index is 392. The number of hydrogen-bond donors (Lipinski definition) is 0. The maximum atomic E-state index is 11.9. The third kappa shape index (κ3) is 2.68. The number of methoxy groups -OCH3 is 1. The van der Waals surface area contributed by atoms with Crippen LogP contribution < -0.4 is 4.74 Å². The summed E-state index contributed by atoms with van der Waals surface area (Å²) in [5.74, 6) is 1.71. The third-order valence-corrected chi connectivity index (χ3v) is 3.76. The molecule has 17 heavy (non-hydrogen) atoms. The van der Waals surface area contributed by atoms with Crippen LogP contribution in [0.3, 0.4) is 0 Å². The average Bonchev–Trinajstić information content (AvgIpc) is 2.83. The Morgan fingerprint density at radius 1 is 1.35 bits per heavy atom. The van der Waals surface area contributed by atoms with Gasteiger partial charge in [-0.25, -0.2) is 0 Å². The van der Waals surface area contributed by atoms with E-state index in [9.17, 15) is 4.79 Å².